The molecular formula is C13H20N2S2. The van der Waals surface area contributed by atoms with Crippen molar-refractivity contribution in [2.24, 2.45) is 5.73 Å². The highest BCUT2D eigenvalue weighted by Crippen LogP contribution is 2.39. The molecule has 0 fully saturated rings. The topological polar surface area (TPSA) is 29.3 Å². The maximum atomic E-state index is 5.62. The Labute approximate surface area is 112 Å². The van der Waals surface area contributed by atoms with Gasteiger partial charge in [0, 0.05) is 28.1 Å². The summed E-state index contributed by atoms with van der Waals surface area (Å²) in [6, 6.07) is 7.41. The SMILES string of the molecule is CSc1ccc2c(c1)SCC(C)N2CCCN. The number of nitrogens with two attached hydrogens (primary N) is 1. The molecule has 1 atom stereocenters. The first-order chi connectivity index (χ1) is 8.26. The number of benzene rings is 1. The standard InChI is InChI=1S/C13H20N2S2/c1-10-9-17-13-8-11(16-2)4-5-12(13)15(10)7-3-6-14/h4-5,8,10H,3,6-7,9,14H2,1-2H3. The molecule has 94 valence electrons. The van der Waals surface area contributed by atoms with Crippen LogP contribution < -0.4 is 10.6 Å². The van der Waals surface area contributed by atoms with Gasteiger partial charge in [0.15, 0.2) is 0 Å². The van der Waals surface area contributed by atoms with E-state index < -0.39 is 0 Å². The third kappa shape index (κ3) is 2.92. The normalized spacial score (nSPS) is 19.2. The maximum Gasteiger partial charge on any atom is 0.0507 e. The minimum atomic E-state index is 0.610. The minimum absolute atomic E-state index is 0.610. The van der Waals surface area contributed by atoms with E-state index in [2.05, 4.69) is 36.3 Å². The van der Waals surface area contributed by atoms with Crippen LogP contribution in [0.1, 0.15) is 13.3 Å². The van der Waals surface area contributed by atoms with Gasteiger partial charge in [-0.1, -0.05) is 0 Å². The molecule has 0 saturated heterocycles. The molecule has 1 unspecified atom stereocenters. The quantitative estimate of drug-likeness (QED) is 0.850. The Balaban J connectivity index is 2.24. The Morgan fingerprint density at radius 2 is 2.35 bits per heavy atom. The van der Waals surface area contributed by atoms with Gasteiger partial charge in [0.05, 0.1) is 5.69 Å². The number of hydrogen-bond donors (Lipinski definition) is 1. The van der Waals surface area contributed by atoms with Gasteiger partial charge in [-0.05, 0) is 44.3 Å². The van der Waals surface area contributed by atoms with Crippen LogP contribution in [0.15, 0.2) is 28.0 Å². The Morgan fingerprint density at radius 1 is 1.53 bits per heavy atom. The second kappa shape index (κ2) is 6.03. The molecule has 1 aliphatic rings. The number of thioether (sulfide) groups is 2. The largest absolute Gasteiger partial charge is 0.367 e. The molecule has 0 bridgehead atoms. The summed E-state index contributed by atoms with van der Waals surface area (Å²) in [6.07, 6.45) is 3.20. The number of nitrogens with zero attached hydrogens (tertiary/aromatic N) is 1. The van der Waals surface area contributed by atoms with E-state index in [4.69, 9.17) is 5.73 Å². The van der Waals surface area contributed by atoms with Crippen LogP contribution in [0, 0.1) is 0 Å². The molecule has 4 heteroatoms. The van der Waals surface area contributed by atoms with Crippen molar-refractivity contribution >= 4 is 29.2 Å². The van der Waals surface area contributed by atoms with E-state index in [9.17, 15) is 0 Å². The lowest BCUT2D eigenvalue weighted by atomic mass is 10.2. The van der Waals surface area contributed by atoms with Crippen LogP contribution in [-0.2, 0) is 0 Å². The van der Waals surface area contributed by atoms with Crippen LogP contribution in [0.4, 0.5) is 5.69 Å². The first kappa shape index (κ1) is 13.1. The molecule has 1 heterocycles. The highest BCUT2D eigenvalue weighted by molar-refractivity contribution is 8.00. The third-order valence-electron chi connectivity index (χ3n) is 3.09. The zero-order valence-corrected chi connectivity index (χ0v) is 12.1. The molecule has 2 rings (SSSR count). The fraction of sp³-hybridized carbons (Fsp3) is 0.538. The molecule has 1 aromatic carbocycles. The Hall–Kier alpha value is -0.320. The molecule has 0 saturated carbocycles. The monoisotopic (exact) mass is 268 g/mol. The van der Waals surface area contributed by atoms with E-state index in [-0.39, 0.29) is 0 Å². The van der Waals surface area contributed by atoms with Crippen molar-refractivity contribution in [2.75, 3.05) is 30.0 Å². The molecule has 0 aliphatic carbocycles. The third-order valence-corrected chi connectivity index (χ3v) is 5.10. The molecule has 0 spiro atoms. The summed E-state index contributed by atoms with van der Waals surface area (Å²) in [6.45, 7) is 4.15. The van der Waals surface area contributed by atoms with E-state index in [0.29, 0.717) is 6.04 Å². The van der Waals surface area contributed by atoms with Gasteiger partial charge in [0.1, 0.15) is 0 Å². The number of hydrogen-bond acceptors (Lipinski definition) is 4. The van der Waals surface area contributed by atoms with Crippen LogP contribution in [-0.4, -0.2) is 31.1 Å². The number of rotatable bonds is 4. The predicted octanol–water partition coefficient (Wildman–Crippen LogP) is 3.06. The van der Waals surface area contributed by atoms with Crippen LogP contribution in [0.5, 0.6) is 0 Å². The highest BCUT2D eigenvalue weighted by Gasteiger charge is 2.23. The smallest absolute Gasteiger partial charge is 0.0507 e. The van der Waals surface area contributed by atoms with Gasteiger partial charge in [-0.3, -0.25) is 0 Å². The zero-order valence-electron chi connectivity index (χ0n) is 10.5. The highest BCUT2D eigenvalue weighted by atomic mass is 32.2. The van der Waals surface area contributed by atoms with Crippen molar-refractivity contribution in [3.8, 4) is 0 Å². The molecule has 0 amide bonds. The van der Waals surface area contributed by atoms with Gasteiger partial charge in [0.2, 0.25) is 0 Å². The van der Waals surface area contributed by atoms with E-state index >= 15 is 0 Å². The van der Waals surface area contributed by atoms with Crippen molar-refractivity contribution in [1.29, 1.82) is 0 Å². The molecule has 1 aliphatic heterocycles. The average molecular weight is 268 g/mol. The lowest BCUT2D eigenvalue weighted by Crippen LogP contribution is -2.39. The van der Waals surface area contributed by atoms with Gasteiger partial charge in [-0.2, -0.15) is 0 Å². The molecule has 17 heavy (non-hydrogen) atoms. The van der Waals surface area contributed by atoms with Crippen molar-refractivity contribution in [3.05, 3.63) is 18.2 Å². The Kier molecular flexibility index (Phi) is 4.65. The van der Waals surface area contributed by atoms with Gasteiger partial charge in [-0.15, -0.1) is 23.5 Å². The molecule has 0 radical (unpaired) electrons. The summed E-state index contributed by atoms with van der Waals surface area (Å²) in [4.78, 5) is 5.28. The van der Waals surface area contributed by atoms with Crippen molar-refractivity contribution in [3.63, 3.8) is 0 Å². The summed E-state index contributed by atoms with van der Waals surface area (Å²) in [5, 5.41) is 0. The van der Waals surface area contributed by atoms with Crippen molar-refractivity contribution in [2.45, 2.75) is 29.2 Å². The number of fused-ring (bicyclic) bond motifs is 1. The minimum Gasteiger partial charge on any atom is -0.367 e. The van der Waals surface area contributed by atoms with Crippen LogP contribution in [0.25, 0.3) is 0 Å². The second-order valence-corrected chi connectivity index (χ2v) is 6.27. The van der Waals surface area contributed by atoms with Gasteiger partial charge < -0.3 is 10.6 Å². The fourth-order valence-electron chi connectivity index (χ4n) is 2.11. The van der Waals surface area contributed by atoms with Crippen molar-refractivity contribution < 1.29 is 0 Å². The molecule has 1 aromatic rings. The van der Waals surface area contributed by atoms with Gasteiger partial charge in [-0.25, -0.2) is 0 Å². The molecular weight excluding hydrogens is 248 g/mol. The van der Waals surface area contributed by atoms with E-state index in [1.54, 1.807) is 0 Å². The van der Waals surface area contributed by atoms with E-state index in [1.165, 1.54) is 21.2 Å². The Bertz CT molecular complexity index is 382. The zero-order chi connectivity index (χ0) is 12.3. The maximum absolute atomic E-state index is 5.62. The van der Waals surface area contributed by atoms with Crippen LogP contribution >= 0.6 is 23.5 Å². The molecule has 2 nitrogen and oxygen atoms in total. The summed E-state index contributed by atoms with van der Waals surface area (Å²) in [5.74, 6) is 1.18. The second-order valence-electron chi connectivity index (χ2n) is 4.33. The summed E-state index contributed by atoms with van der Waals surface area (Å²) in [5.41, 5.74) is 7.01. The van der Waals surface area contributed by atoms with Crippen LogP contribution in [0.2, 0.25) is 0 Å². The number of anilines is 1. The van der Waals surface area contributed by atoms with Gasteiger partial charge >= 0.3 is 0 Å². The van der Waals surface area contributed by atoms with E-state index in [0.717, 1.165) is 19.5 Å². The van der Waals surface area contributed by atoms with Crippen molar-refractivity contribution in [1.82, 2.24) is 0 Å². The predicted molar refractivity (Wildman–Crippen MR) is 79.4 cm³/mol. The summed E-state index contributed by atoms with van der Waals surface area (Å²) < 4.78 is 0. The summed E-state index contributed by atoms with van der Waals surface area (Å²) in [7, 11) is 0. The fourth-order valence-corrected chi connectivity index (χ4v) is 3.77. The average Bonchev–Trinajstić information content (AvgIpc) is 2.37. The Morgan fingerprint density at radius 3 is 3.06 bits per heavy atom. The summed E-state index contributed by atoms with van der Waals surface area (Å²) >= 11 is 3.79. The lowest BCUT2D eigenvalue weighted by Gasteiger charge is -2.36. The van der Waals surface area contributed by atoms with Crippen LogP contribution in [0.3, 0.4) is 0 Å². The molecule has 0 aromatic heterocycles. The van der Waals surface area contributed by atoms with Gasteiger partial charge in [0.25, 0.3) is 0 Å². The first-order valence-corrected chi connectivity index (χ1v) is 8.25. The molecule has 2 N–H and O–H groups in total. The lowest BCUT2D eigenvalue weighted by molar-refractivity contribution is 0.651. The first-order valence-electron chi connectivity index (χ1n) is 6.04. The van der Waals surface area contributed by atoms with E-state index in [1.807, 2.05) is 23.5 Å².